The van der Waals surface area contributed by atoms with Crippen molar-refractivity contribution in [2.24, 2.45) is 0 Å². The number of carbonyl (C=O) groups excluding carboxylic acids is 3. The van der Waals surface area contributed by atoms with Crippen molar-refractivity contribution in [3.05, 3.63) is 21.9 Å². The second-order valence-electron chi connectivity index (χ2n) is 5.30. The van der Waals surface area contributed by atoms with Crippen molar-refractivity contribution in [2.45, 2.75) is 25.8 Å². The van der Waals surface area contributed by atoms with Crippen LogP contribution in [0.5, 0.6) is 0 Å². The van der Waals surface area contributed by atoms with Gasteiger partial charge in [-0.25, -0.2) is 9.69 Å². The molecule has 3 rings (SSSR count). The van der Waals surface area contributed by atoms with Gasteiger partial charge in [0, 0.05) is 24.4 Å². The molecule has 112 valence electrons. The van der Waals surface area contributed by atoms with Crippen molar-refractivity contribution in [3.63, 3.8) is 0 Å². The number of nitrogens with zero attached hydrogens (tertiary/aromatic N) is 2. The number of likely N-dealkylation sites (tertiary alicyclic amines) is 1. The van der Waals surface area contributed by atoms with E-state index in [0.717, 1.165) is 11.3 Å². The van der Waals surface area contributed by atoms with Gasteiger partial charge in [-0.3, -0.25) is 9.59 Å². The molecule has 3 amide bonds. The molecule has 0 radical (unpaired) electrons. The molecule has 0 saturated carbocycles. The number of hydrogen-bond acceptors (Lipinski definition) is 5. The van der Waals surface area contributed by atoms with Crippen LogP contribution in [0.2, 0.25) is 0 Å². The van der Waals surface area contributed by atoms with Crippen LogP contribution in [0.25, 0.3) is 0 Å². The van der Waals surface area contributed by atoms with Gasteiger partial charge in [-0.1, -0.05) is 0 Å². The summed E-state index contributed by atoms with van der Waals surface area (Å²) in [6.07, 6.45) is 0.618. The average molecular weight is 308 g/mol. The lowest BCUT2D eigenvalue weighted by Crippen LogP contribution is -2.62. The van der Waals surface area contributed by atoms with Crippen LogP contribution in [0.15, 0.2) is 11.4 Å². The first-order valence-electron chi connectivity index (χ1n) is 6.86. The zero-order chi connectivity index (χ0) is 15.0. The lowest BCUT2D eigenvalue weighted by atomic mass is 10.1. The van der Waals surface area contributed by atoms with E-state index in [1.54, 1.807) is 16.2 Å². The molecule has 1 aromatic heterocycles. The molecule has 1 aromatic rings. The minimum atomic E-state index is -0.591. The van der Waals surface area contributed by atoms with E-state index in [1.807, 2.05) is 12.3 Å². The van der Waals surface area contributed by atoms with Crippen molar-refractivity contribution in [2.75, 3.05) is 19.7 Å². The summed E-state index contributed by atoms with van der Waals surface area (Å²) >= 11 is 1.67. The molecule has 7 heteroatoms. The smallest absolute Gasteiger partial charge is 0.417 e. The number of imide groups is 1. The van der Waals surface area contributed by atoms with Gasteiger partial charge in [-0.15, -0.1) is 11.3 Å². The van der Waals surface area contributed by atoms with Gasteiger partial charge >= 0.3 is 6.09 Å². The van der Waals surface area contributed by atoms with Gasteiger partial charge in [-0.2, -0.15) is 0 Å². The van der Waals surface area contributed by atoms with Crippen LogP contribution >= 0.6 is 11.3 Å². The number of hydrogen-bond donors (Lipinski definition) is 0. The van der Waals surface area contributed by atoms with Crippen molar-refractivity contribution in [3.8, 4) is 0 Å². The zero-order valence-electron chi connectivity index (χ0n) is 11.7. The third-order valence-corrected chi connectivity index (χ3v) is 4.98. The Labute approximate surface area is 126 Å². The fourth-order valence-corrected chi connectivity index (χ4v) is 3.49. The molecule has 6 nitrogen and oxygen atoms in total. The number of amides is 3. The second kappa shape index (κ2) is 5.48. The quantitative estimate of drug-likeness (QED) is 0.837. The number of rotatable bonds is 4. The molecule has 2 aliphatic heterocycles. The maximum absolute atomic E-state index is 12.1. The summed E-state index contributed by atoms with van der Waals surface area (Å²) in [6.45, 7) is 2.70. The molecule has 0 aliphatic carbocycles. The van der Waals surface area contributed by atoms with Crippen LogP contribution in [-0.2, 0) is 20.7 Å². The highest BCUT2D eigenvalue weighted by molar-refractivity contribution is 7.10. The standard InChI is InChI=1S/C14H16N2O4S/c1-9-4-5-21-11(9)2-3-12(17)15-6-10(7-15)16-13(18)8-20-14(16)19/h4-5,10H,2-3,6-8H2,1H3. The summed E-state index contributed by atoms with van der Waals surface area (Å²) in [5.74, 6) is -0.245. The molecule has 2 saturated heterocycles. The maximum Gasteiger partial charge on any atom is 0.417 e. The first kappa shape index (κ1) is 14.1. The monoisotopic (exact) mass is 308 g/mol. The summed E-state index contributed by atoms with van der Waals surface area (Å²) < 4.78 is 4.68. The highest BCUT2D eigenvalue weighted by Gasteiger charge is 2.44. The minimum absolute atomic E-state index is 0.0686. The van der Waals surface area contributed by atoms with E-state index >= 15 is 0 Å². The molecule has 0 N–H and O–H groups in total. The molecule has 0 spiro atoms. The van der Waals surface area contributed by atoms with E-state index in [-0.39, 0.29) is 24.5 Å². The Morgan fingerprint density at radius 3 is 2.76 bits per heavy atom. The second-order valence-corrected chi connectivity index (χ2v) is 6.30. The Bertz CT molecular complexity index is 576. The normalized spacial score (nSPS) is 18.9. The van der Waals surface area contributed by atoms with Crippen molar-refractivity contribution >= 4 is 29.2 Å². The number of ether oxygens (including phenoxy) is 1. The van der Waals surface area contributed by atoms with E-state index in [2.05, 4.69) is 10.8 Å². The van der Waals surface area contributed by atoms with Crippen molar-refractivity contribution < 1.29 is 19.1 Å². The number of thiophene rings is 1. The van der Waals surface area contributed by atoms with Gasteiger partial charge < -0.3 is 9.64 Å². The molecule has 2 fully saturated rings. The average Bonchev–Trinajstić information content (AvgIpc) is 2.94. The van der Waals surface area contributed by atoms with Crippen LogP contribution in [0.4, 0.5) is 4.79 Å². The van der Waals surface area contributed by atoms with E-state index < -0.39 is 6.09 Å². The molecule has 0 bridgehead atoms. The van der Waals surface area contributed by atoms with Crippen LogP contribution in [-0.4, -0.2) is 53.4 Å². The van der Waals surface area contributed by atoms with Gasteiger partial charge in [0.15, 0.2) is 6.61 Å². The number of aryl methyl sites for hydroxylation is 2. The molecule has 0 atom stereocenters. The highest BCUT2D eigenvalue weighted by Crippen LogP contribution is 2.22. The summed E-state index contributed by atoms with van der Waals surface area (Å²) in [5.41, 5.74) is 1.22. The molecule has 2 aliphatic rings. The third-order valence-electron chi connectivity index (χ3n) is 3.90. The lowest BCUT2D eigenvalue weighted by Gasteiger charge is -2.42. The van der Waals surface area contributed by atoms with Crippen LogP contribution in [0, 0.1) is 6.92 Å². The van der Waals surface area contributed by atoms with Gasteiger partial charge in [0.25, 0.3) is 5.91 Å². The van der Waals surface area contributed by atoms with Gasteiger partial charge in [0.1, 0.15) is 0 Å². The predicted octanol–water partition coefficient (Wildman–Crippen LogP) is 1.18. The van der Waals surface area contributed by atoms with E-state index in [1.165, 1.54) is 10.4 Å². The van der Waals surface area contributed by atoms with Crippen LogP contribution < -0.4 is 0 Å². The largest absolute Gasteiger partial charge is 0.439 e. The fourth-order valence-electron chi connectivity index (χ4n) is 2.58. The summed E-state index contributed by atoms with van der Waals surface area (Å²) in [4.78, 5) is 39.0. The number of cyclic esters (lactones) is 1. The highest BCUT2D eigenvalue weighted by atomic mass is 32.1. The minimum Gasteiger partial charge on any atom is -0.439 e. The first-order valence-corrected chi connectivity index (χ1v) is 7.74. The summed E-state index contributed by atoms with van der Waals surface area (Å²) in [6, 6.07) is 1.83. The predicted molar refractivity (Wildman–Crippen MR) is 75.9 cm³/mol. The van der Waals surface area contributed by atoms with Gasteiger partial charge in [0.2, 0.25) is 5.91 Å². The summed E-state index contributed by atoms with van der Waals surface area (Å²) in [7, 11) is 0. The Morgan fingerprint density at radius 1 is 1.43 bits per heavy atom. The maximum atomic E-state index is 12.1. The molecular formula is C14H16N2O4S. The lowest BCUT2D eigenvalue weighted by molar-refractivity contribution is -0.142. The molecular weight excluding hydrogens is 292 g/mol. The zero-order valence-corrected chi connectivity index (χ0v) is 12.5. The Balaban J connectivity index is 1.47. The SMILES string of the molecule is Cc1ccsc1CCC(=O)N1CC(N2C(=O)COC2=O)C1. The Morgan fingerprint density at radius 2 is 2.19 bits per heavy atom. The Kier molecular flexibility index (Phi) is 3.67. The van der Waals surface area contributed by atoms with Gasteiger partial charge in [0.05, 0.1) is 6.04 Å². The Hall–Kier alpha value is -1.89. The first-order chi connectivity index (χ1) is 10.1. The molecule has 3 heterocycles. The van der Waals surface area contributed by atoms with Crippen molar-refractivity contribution in [1.82, 2.24) is 9.80 Å². The molecule has 21 heavy (non-hydrogen) atoms. The van der Waals surface area contributed by atoms with Crippen LogP contribution in [0.1, 0.15) is 16.9 Å². The van der Waals surface area contributed by atoms with E-state index in [9.17, 15) is 14.4 Å². The van der Waals surface area contributed by atoms with Crippen molar-refractivity contribution in [1.29, 1.82) is 0 Å². The summed E-state index contributed by atoms with van der Waals surface area (Å²) in [5, 5.41) is 2.03. The fraction of sp³-hybridized carbons (Fsp3) is 0.500. The molecule has 0 aromatic carbocycles. The van der Waals surface area contributed by atoms with E-state index in [4.69, 9.17) is 0 Å². The number of carbonyl (C=O) groups is 3. The van der Waals surface area contributed by atoms with E-state index in [0.29, 0.717) is 19.5 Å². The third kappa shape index (κ3) is 2.65. The molecule has 0 unspecified atom stereocenters. The topological polar surface area (TPSA) is 66.9 Å². The van der Waals surface area contributed by atoms with Crippen LogP contribution in [0.3, 0.4) is 0 Å². The van der Waals surface area contributed by atoms with Gasteiger partial charge in [-0.05, 0) is 30.4 Å².